The fraction of sp³-hybridized carbons (Fsp3) is 0.280. The summed E-state index contributed by atoms with van der Waals surface area (Å²) in [7, 11) is 0. The lowest BCUT2D eigenvalue weighted by atomic mass is 9.87. The summed E-state index contributed by atoms with van der Waals surface area (Å²) in [6.07, 6.45) is 2.01. The maximum absolute atomic E-state index is 5.89. The van der Waals surface area contributed by atoms with Crippen LogP contribution in [0.2, 0.25) is 0 Å². The highest BCUT2D eigenvalue weighted by Crippen LogP contribution is 2.26. The van der Waals surface area contributed by atoms with Gasteiger partial charge in [0.2, 0.25) is 0 Å². The van der Waals surface area contributed by atoms with Crippen LogP contribution in [0.3, 0.4) is 0 Å². The van der Waals surface area contributed by atoms with Crippen molar-refractivity contribution in [3.05, 3.63) is 90.0 Å². The van der Waals surface area contributed by atoms with Gasteiger partial charge in [-0.2, -0.15) is 0 Å². The quantitative estimate of drug-likeness (QED) is 0.492. The van der Waals surface area contributed by atoms with Crippen LogP contribution < -0.4 is 4.74 Å². The van der Waals surface area contributed by atoms with E-state index in [1.54, 1.807) is 0 Å². The van der Waals surface area contributed by atoms with Crippen LogP contribution in [0.15, 0.2) is 78.9 Å². The molecule has 0 spiro atoms. The third kappa shape index (κ3) is 5.49. The van der Waals surface area contributed by atoms with E-state index in [4.69, 9.17) is 4.74 Å². The van der Waals surface area contributed by atoms with E-state index in [1.165, 1.54) is 22.3 Å². The van der Waals surface area contributed by atoms with E-state index < -0.39 is 0 Å². The Hall–Kier alpha value is -2.54. The van der Waals surface area contributed by atoms with E-state index in [2.05, 4.69) is 93.6 Å². The predicted octanol–water partition coefficient (Wildman–Crippen LogP) is 6.56. The topological polar surface area (TPSA) is 9.23 Å². The molecule has 0 bridgehead atoms. The summed E-state index contributed by atoms with van der Waals surface area (Å²) in [5.74, 6) is 0.926. The summed E-state index contributed by atoms with van der Waals surface area (Å²) in [5, 5.41) is 0. The molecule has 3 rings (SSSR count). The van der Waals surface area contributed by atoms with Gasteiger partial charge >= 0.3 is 0 Å². The average molecular weight is 344 g/mol. The second-order valence-corrected chi connectivity index (χ2v) is 8.05. The standard InChI is InChI=1S/C25H28O/c1-25(2,3)19-21-10-7-11-23(18-21)22-12-14-24(15-13-22)26-17-16-20-8-5-4-6-9-20/h4-15,18H,16-17,19H2,1-3H3. The van der Waals surface area contributed by atoms with E-state index >= 15 is 0 Å². The van der Waals surface area contributed by atoms with Crippen molar-refractivity contribution in [2.24, 2.45) is 5.41 Å². The van der Waals surface area contributed by atoms with Gasteiger partial charge in [0, 0.05) is 6.42 Å². The molecule has 0 amide bonds. The zero-order chi connectivity index (χ0) is 18.4. The Morgan fingerprint density at radius 3 is 2.08 bits per heavy atom. The molecule has 3 aromatic rings. The summed E-state index contributed by atoms with van der Waals surface area (Å²) in [6, 6.07) is 27.7. The minimum atomic E-state index is 0.301. The van der Waals surface area contributed by atoms with Crippen molar-refractivity contribution >= 4 is 0 Å². The molecule has 0 fully saturated rings. The Bertz CT molecular complexity index is 811. The fourth-order valence-electron chi connectivity index (χ4n) is 3.15. The van der Waals surface area contributed by atoms with Crippen molar-refractivity contribution in [2.45, 2.75) is 33.6 Å². The van der Waals surface area contributed by atoms with Gasteiger partial charge in [0.15, 0.2) is 0 Å². The first kappa shape index (κ1) is 18.3. The molecule has 134 valence electrons. The van der Waals surface area contributed by atoms with Crippen LogP contribution in [0.25, 0.3) is 11.1 Å². The maximum atomic E-state index is 5.89. The molecule has 0 aliphatic rings. The largest absolute Gasteiger partial charge is 0.493 e. The molecule has 0 radical (unpaired) electrons. The lowest BCUT2D eigenvalue weighted by molar-refractivity contribution is 0.322. The number of hydrogen-bond acceptors (Lipinski definition) is 1. The molecule has 1 nitrogen and oxygen atoms in total. The number of hydrogen-bond donors (Lipinski definition) is 0. The molecule has 0 N–H and O–H groups in total. The van der Waals surface area contributed by atoms with Crippen molar-refractivity contribution in [1.29, 1.82) is 0 Å². The third-order valence-corrected chi connectivity index (χ3v) is 4.35. The molecule has 0 atom stereocenters. The minimum Gasteiger partial charge on any atom is -0.493 e. The van der Waals surface area contributed by atoms with Gasteiger partial charge in [0.05, 0.1) is 6.61 Å². The molecular weight excluding hydrogens is 316 g/mol. The zero-order valence-corrected chi connectivity index (χ0v) is 16.0. The lowest BCUT2D eigenvalue weighted by Crippen LogP contribution is -2.08. The van der Waals surface area contributed by atoms with Crippen LogP contribution in [0.5, 0.6) is 5.75 Å². The number of ether oxygens (including phenoxy) is 1. The molecule has 3 aromatic carbocycles. The maximum Gasteiger partial charge on any atom is 0.119 e. The Morgan fingerprint density at radius 2 is 1.38 bits per heavy atom. The van der Waals surface area contributed by atoms with Gasteiger partial charge in [-0.25, -0.2) is 0 Å². The van der Waals surface area contributed by atoms with Crippen LogP contribution in [0, 0.1) is 5.41 Å². The van der Waals surface area contributed by atoms with Crippen molar-refractivity contribution < 1.29 is 4.74 Å². The van der Waals surface area contributed by atoms with Crippen LogP contribution in [0.4, 0.5) is 0 Å². The first-order chi connectivity index (χ1) is 12.5. The summed E-state index contributed by atoms with van der Waals surface area (Å²) < 4.78 is 5.89. The Labute approximate surface area is 157 Å². The third-order valence-electron chi connectivity index (χ3n) is 4.35. The lowest BCUT2D eigenvalue weighted by Gasteiger charge is -2.18. The molecule has 0 saturated carbocycles. The van der Waals surface area contributed by atoms with E-state index in [0.29, 0.717) is 12.0 Å². The van der Waals surface area contributed by atoms with Crippen molar-refractivity contribution in [3.8, 4) is 16.9 Å². The number of rotatable bonds is 6. The summed E-state index contributed by atoms with van der Waals surface area (Å²) in [4.78, 5) is 0. The molecule has 0 heterocycles. The van der Waals surface area contributed by atoms with Gasteiger partial charge in [0.1, 0.15) is 5.75 Å². The molecule has 0 aliphatic carbocycles. The van der Waals surface area contributed by atoms with Crippen LogP contribution in [0.1, 0.15) is 31.9 Å². The van der Waals surface area contributed by atoms with Gasteiger partial charge in [0.25, 0.3) is 0 Å². The van der Waals surface area contributed by atoms with E-state index in [-0.39, 0.29) is 0 Å². The molecule has 0 aliphatic heterocycles. The van der Waals surface area contributed by atoms with Crippen molar-refractivity contribution in [3.63, 3.8) is 0 Å². The highest BCUT2D eigenvalue weighted by molar-refractivity contribution is 5.65. The first-order valence-electron chi connectivity index (χ1n) is 9.36. The highest BCUT2D eigenvalue weighted by Gasteiger charge is 2.11. The Balaban J connectivity index is 1.61. The van der Waals surface area contributed by atoms with Gasteiger partial charge < -0.3 is 4.74 Å². The normalized spacial score (nSPS) is 11.3. The molecule has 0 saturated heterocycles. The molecule has 26 heavy (non-hydrogen) atoms. The highest BCUT2D eigenvalue weighted by atomic mass is 16.5. The first-order valence-corrected chi connectivity index (χ1v) is 9.36. The van der Waals surface area contributed by atoms with Crippen LogP contribution in [-0.4, -0.2) is 6.61 Å². The second kappa shape index (κ2) is 8.23. The summed E-state index contributed by atoms with van der Waals surface area (Å²) in [5.41, 5.74) is 5.49. The Kier molecular flexibility index (Phi) is 5.78. The van der Waals surface area contributed by atoms with Crippen molar-refractivity contribution in [1.82, 2.24) is 0 Å². The minimum absolute atomic E-state index is 0.301. The number of benzene rings is 3. The van der Waals surface area contributed by atoms with E-state index in [0.717, 1.165) is 18.6 Å². The SMILES string of the molecule is CC(C)(C)Cc1cccc(-c2ccc(OCCc3ccccc3)cc2)c1. The van der Waals surface area contributed by atoms with Crippen LogP contribution >= 0.6 is 0 Å². The predicted molar refractivity (Wildman–Crippen MR) is 111 cm³/mol. The molecule has 0 aromatic heterocycles. The van der Waals surface area contributed by atoms with Gasteiger partial charge in [-0.1, -0.05) is 87.5 Å². The molecular formula is C25H28O. The van der Waals surface area contributed by atoms with Gasteiger partial charge in [-0.3, -0.25) is 0 Å². The summed E-state index contributed by atoms with van der Waals surface area (Å²) in [6.45, 7) is 7.54. The second-order valence-electron chi connectivity index (χ2n) is 8.05. The fourth-order valence-corrected chi connectivity index (χ4v) is 3.15. The average Bonchev–Trinajstić information content (AvgIpc) is 2.62. The zero-order valence-electron chi connectivity index (χ0n) is 16.0. The van der Waals surface area contributed by atoms with Gasteiger partial charge in [-0.15, -0.1) is 0 Å². The smallest absolute Gasteiger partial charge is 0.119 e. The van der Waals surface area contributed by atoms with Gasteiger partial charge in [-0.05, 0) is 46.2 Å². The van der Waals surface area contributed by atoms with Crippen LogP contribution in [-0.2, 0) is 12.8 Å². The molecule has 0 unspecified atom stereocenters. The van der Waals surface area contributed by atoms with Crippen molar-refractivity contribution in [2.75, 3.05) is 6.61 Å². The Morgan fingerprint density at radius 1 is 0.692 bits per heavy atom. The monoisotopic (exact) mass is 344 g/mol. The summed E-state index contributed by atoms with van der Waals surface area (Å²) >= 11 is 0. The van der Waals surface area contributed by atoms with E-state index in [1.807, 2.05) is 6.07 Å². The molecule has 1 heteroatoms. The van der Waals surface area contributed by atoms with E-state index in [9.17, 15) is 0 Å².